The second-order valence-electron chi connectivity index (χ2n) is 3.56. The van der Waals surface area contributed by atoms with Crippen molar-refractivity contribution in [2.45, 2.75) is 25.9 Å². The SMILES string of the molecule is COCCC(C)NCc1ccc([N+](=O)[O-])s1. The molecule has 16 heavy (non-hydrogen) atoms. The third kappa shape index (κ3) is 4.26. The van der Waals surface area contributed by atoms with E-state index in [2.05, 4.69) is 12.2 Å². The maximum Gasteiger partial charge on any atom is 0.324 e. The molecule has 6 heteroatoms. The number of hydrogen-bond acceptors (Lipinski definition) is 5. The molecule has 0 spiro atoms. The summed E-state index contributed by atoms with van der Waals surface area (Å²) < 4.78 is 4.97. The molecule has 0 aliphatic heterocycles. The molecule has 0 aromatic carbocycles. The molecule has 0 amide bonds. The highest BCUT2D eigenvalue weighted by atomic mass is 32.1. The maximum atomic E-state index is 10.5. The van der Waals surface area contributed by atoms with Gasteiger partial charge in [0, 0.05) is 37.2 Å². The van der Waals surface area contributed by atoms with E-state index in [4.69, 9.17) is 4.74 Å². The molecule has 0 aliphatic rings. The van der Waals surface area contributed by atoms with Crippen molar-refractivity contribution in [3.63, 3.8) is 0 Å². The Bertz CT molecular complexity index is 341. The minimum Gasteiger partial charge on any atom is -0.385 e. The van der Waals surface area contributed by atoms with E-state index in [-0.39, 0.29) is 9.92 Å². The van der Waals surface area contributed by atoms with E-state index in [0.717, 1.165) is 17.9 Å². The predicted molar refractivity (Wildman–Crippen MR) is 63.8 cm³/mol. The smallest absolute Gasteiger partial charge is 0.324 e. The highest BCUT2D eigenvalue weighted by Gasteiger charge is 2.10. The van der Waals surface area contributed by atoms with E-state index in [0.29, 0.717) is 12.6 Å². The third-order valence-electron chi connectivity index (χ3n) is 2.21. The molecular formula is C10H16N2O3S. The average molecular weight is 244 g/mol. The van der Waals surface area contributed by atoms with Crippen LogP contribution >= 0.6 is 11.3 Å². The van der Waals surface area contributed by atoms with E-state index in [9.17, 15) is 10.1 Å². The summed E-state index contributed by atoms with van der Waals surface area (Å²) >= 11 is 1.21. The van der Waals surface area contributed by atoms with Gasteiger partial charge in [0.25, 0.3) is 0 Å². The zero-order chi connectivity index (χ0) is 12.0. The Morgan fingerprint density at radius 2 is 2.38 bits per heavy atom. The molecule has 1 unspecified atom stereocenters. The van der Waals surface area contributed by atoms with Crippen molar-refractivity contribution in [1.82, 2.24) is 5.32 Å². The number of thiophene rings is 1. The maximum absolute atomic E-state index is 10.5. The first-order chi connectivity index (χ1) is 7.63. The monoisotopic (exact) mass is 244 g/mol. The topological polar surface area (TPSA) is 64.4 Å². The van der Waals surface area contributed by atoms with Gasteiger partial charge in [-0.2, -0.15) is 0 Å². The Kier molecular flexibility index (Phi) is 5.37. The fraction of sp³-hybridized carbons (Fsp3) is 0.600. The number of nitrogens with one attached hydrogen (secondary N) is 1. The van der Waals surface area contributed by atoms with E-state index in [1.807, 2.05) is 0 Å². The van der Waals surface area contributed by atoms with Gasteiger partial charge in [0.2, 0.25) is 0 Å². The highest BCUT2D eigenvalue weighted by molar-refractivity contribution is 7.15. The summed E-state index contributed by atoms with van der Waals surface area (Å²) in [5.41, 5.74) is 0. The molecule has 90 valence electrons. The van der Waals surface area contributed by atoms with Crippen LogP contribution in [0.15, 0.2) is 12.1 Å². The minimum absolute atomic E-state index is 0.196. The van der Waals surface area contributed by atoms with Crippen molar-refractivity contribution in [3.05, 3.63) is 27.1 Å². The number of methoxy groups -OCH3 is 1. The molecule has 1 N–H and O–H groups in total. The van der Waals surface area contributed by atoms with Gasteiger partial charge in [-0.1, -0.05) is 11.3 Å². The highest BCUT2D eigenvalue weighted by Crippen LogP contribution is 2.23. The van der Waals surface area contributed by atoms with Gasteiger partial charge in [0.15, 0.2) is 0 Å². The third-order valence-corrected chi connectivity index (χ3v) is 3.24. The lowest BCUT2D eigenvalue weighted by atomic mass is 10.2. The molecule has 0 fully saturated rings. The lowest BCUT2D eigenvalue weighted by Crippen LogP contribution is -2.26. The van der Waals surface area contributed by atoms with Gasteiger partial charge in [-0.25, -0.2) is 0 Å². The van der Waals surface area contributed by atoms with Crippen LogP contribution in [0.5, 0.6) is 0 Å². The quantitative estimate of drug-likeness (QED) is 0.589. The number of hydrogen-bond donors (Lipinski definition) is 1. The number of nitro groups is 1. The molecular weight excluding hydrogens is 228 g/mol. The van der Waals surface area contributed by atoms with Gasteiger partial charge in [-0.05, 0) is 19.4 Å². The Morgan fingerprint density at radius 1 is 1.62 bits per heavy atom. The summed E-state index contributed by atoms with van der Waals surface area (Å²) in [5, 5.41) is 14.0. The summed E-state index contributed by atoms with van der Waals surface area (Å²) in [6.07, 6.45) is 0.934. The van der Waals surface area contributed by atoms with Gasteiger partial charge in [0.1, 0.15) is 0 Å². The summed E-state index contributed by atoms with van der Waals surface area (Å²) in [6, 6.07) is 3.68. The first-order valence-corrected chi connectivity index (χ1v) is 5.90. The predicted octanol–water partition coefficient (Wildman–Crippen LogP) is 2.17. The molecule has 0 radical (unpaired) electrons. The van der Waals surface area contributed by atoms with E-state index in [1.54, 1.807) is 19.2 Å². The molecule has 0 saturated heterocycles. The van der Waals surface area contributed by atoms with Crippen LogP contribution in [0.2, 0.25) is 0 Å². The van der Waals surface area contributed by atoms with Gasteiger partial charge >= 0.3 is 5.00 Å². The Hall–Kier alpha value is -0.980. The molecule has 1 aromatic rings. The second-order valence-corrected chi connectivity index (χ2v) is 4.71. The van der Waals surface area contributed by atoms with Crippen molar-refractivity contribution in [1.29, 1.82) is 0 Å². The van der Waals surface area contributed by atoms with Crippen molar-refractivity contribution in [2.24, 2.45) is 0 Å². The first kappa shape index (κ1) is 13.1. The van der Waals surface area contributed by atoms with Crippen LogP contribution in [0.1, 0.15) is 18.2 Å². The van der Waals surface area contributed by atoms with Crippen LogP contribution < -0.4 is 5.32 Å². The zero-order valence-electron chi connectivity index (χ0n) is 9.43. The molecule has 1 aromatic heterocycles. The number of rotatable bonds is 7. The average Bonchev–Trinajstić information content (AvgIpc) is 2.72. The summed E-state index contributed by atoms with van der Waals surface area (Å²) in [7, 11) is 1.68. The van der Waals surface area contributed by atoms with Crippen LogP contribution in [0.3, 0.4) is 0 Å². The molecule has 0 saturated carbocycles. The van der Waals surface area contributed by atoms with Gasteiger partial charge < -0.3 is 10.1 Å². The molecule has 0 aliphatic carbocycles. The van der Waals surface area contributed by atoms with Crippen LogP contribution in [0, 0.1) is 10.1 Å². The van der Waals surface area contributed by atoms with Gasteiger partial charge in [0.05, 0.1) is 4.92 Å². The first-order valence-electron chi connectivity index (χ1n) is 5.09. The van der Waals surface area contributed by atoms with Crippen molar-refractivity contribution < 1.29 is 9.66 Å². The van der Waals surface area contributed by atoms with Crippen molar-refractivity contribution >= 4 is 16.3 Å². The van der Waals surface area contributed by atoms with Crippen LogP contribution in [-0.2, 0) is 11.3 Å². The minimum atomic E-state index is -0.359. The van der Waals surface area contributed by atoms with Crippen molar-refractivity contribution in [3.8, 4) is 0 Å². The number of ether oxygens (including phenoxy) is 1. The van der Waals surface area contributed by atoms with Crippen molar-refractivity contribution in [2.75, 3.05) is 13.7 Å². The molecule has 5 nitrogen and oxygen atoms in total. The van der Waals surface area contributed by atoms with Gasteiger partial charge in [-0.15, -0.1) is 0 Å². The lowest BCUT2D eigenvalue weighted by Gasteiger charge is -2.11. The summed E-state index contributed by atoms with van der Waals surface area (Å²) in [6.45, 7) is 3.46. The standard InChI is InChI=1S/C10H16N2O3S/c1-8(5-6-15-2)11-7-9-3-4-10(16-9)12(13)14/h3-4,8,11H,5-7H2,1-2H3. The van der Waals surface area contributed by atoms with Crippen LogP contribution in [0.4, 0.5) is 5.00 Å². The molecule has 1 heterocycles. The fourth-order valence-corrected chi connectivity index (χ4v) is 2.00. The Balaban J connectivity index is 2.33. The van der Waals surface area contributed by atoms with Crippen LogP contribution in [-0.4, -0.2) is 24.7 Å². The van der Waals surface area contributed by atoms with Crippen LogP contribution in [0.25, 0.3) is 0 Å². The van der Waals surface area contributed by atoms with E-state index >= 15 is 0 Å². The summed E-state index contributed by atoms with van der Waals surface area (Å²) in [5.74, 6) is 0. The lowest BCUT2D eigenvalue weighted by molar-refractivity contribution is -0.380. The Labute approximate surface area is 98.6 Å². The second kappa shape index (κ2) is 6.57. The molecule has 1 rings (SSSR count). The summed E-state index contributed by atoms with van der Waals surface area (Å²) in [4.78, 5) is 11.1. The normalized spacial score (nSPS) is 12.6. The van der Waals surface area contributed by atoms with E-state index in [1.165, 1.54) is 11.3 Å². The fourth-order valence-electron chi connectivity index (χ4n) is 1.23. The van der Waals surface area contributed by atoms with E-state index < -0.39 is 0 Å². The zero-order valence-corrected chi connectivity index (χ0v) is 10.3. The molecule has 1 atom stereocenters. The van der Waals surface area contributed by atoms with Gasteiger partial charge in [-0.3, -0.25) is 10.1 Å². The number of nitrogens with zero attached hydrogens (tertiary/aromatic N) is 1. The molecule has 0 bridgehead atoms. The Morgan fingerprint density at radius 3 is 2.94 bits per heavy atom. The largest absolute Gasteiger partial charge is 0.385 e.